The van der Waals surface area contributed by atoms with Crippen LogP contribution >= 0.6 is 11.6 Å². The largest absolute Gasteiger partial charge is 0.396 e. The average Bonchev–Trinajstić information content (AvgIpc) is 3.13. The van der Waals surface area contributed by atoms with E-state index in [1.54, 1.807) is 0 Å². The molecule has 1 aromatic heterocycles. The van der Waals surface area contributed by atoms with Crippen LogP contribution in [0.3, 0.4) is 0 Å². The Kier molecular flexibility index (Phi) is 4.22. The lowest BCUT2D eigenvalue weighted by atomic mass is 9.85. The minimum Gasteiger partial charge on any atom is -0.396 e. The van der Waals surface area contributed by atoms with Crippen LogP contribution in [0.1, 0.15) is 36.9 Å². The lowest BCUT2D eigenvalue weighted by Gasteiger charge is -2.30. The van der Waals surface area contributed by atoms with Crippen molar-refractivity contribution in [1.82, 2.24) is 10.5 Å². The Balaban J connectivity index is 1.55. The van der Waals surface area contributed by atoms with Crippen molar-refractivity contribution < 1.29 is 14.4 Å². The Morgan fingerprint density at radius 3 is 2.90 bits per heavy atom. The van der Waals surface area contributed by atoms with Gasteiger partial charge in [0, 0.05) is 30.6 Å². The van der Waals surface area contributed by atoms with E-state index in [0.29, 0.717) is 24.7 Å². The number of carbonyl (C=O) groups is 1. The third-order valence-electron chi connectivity index (χ3n) is 5.17. The van der Waals surface area contributed by atoms with Gasteiger partial charge >= 0.3 is 0 Å². The molecular formula is C15H21ClN2O3. The highest BCUT2D eigenvalue weighted by atomic mass is 35.5. The summed E-state index contributed by atoms with van der Waals surface area (Å²) in [4.78, 5) is 12.2. The zero-order valence-electron chi connectivity index (χ0n) is 12.1. The predicted octanol–water partition coefficient (Wildman–Crippen LogP) is 2.09. The lowest BCUT2D eigenvalue weighted by Crippen LogP contribution is -2.45. The van der Waals surface area contributed by atoms with E-state index in [4.69, 9.17) is 16.1 Å². The first kappa shape index (κ1) is 14.9. The molecule has 116 valence electrons. The molecule has 4 atom stereocenters. The summed E-state index contributed by atoms with van der Waals surface area (Å²) in [6, 6.07) is 0.139. The second-order valence-corrected chi connectivity index (χ2v) is 6.64. The maximum atomic E-state index is 12.2. The van der Waals surface area contributed by atoms with Crippen LogP contribution in [0.2, 0.25) is 5.22 Å². The van der Waals surface area contributed by atoms with E-state index >= 15 is 0 Å². The SMILES string of the molecule is Cc1noc(Cl)c1CCC(=O)NC1C2CCC(C2)C1CO. The summed E-state index contributed by atoms with van der Waals surface area (Å²) in [5.41, 5.74) is 1.54. The van der Waals surface area contributed by atoms with Crippen LogP contribution in [0.4, 0.5) is 0 Å². The van der Waals surface area contributed by atoms with Crippen molar-refractivity contribution >= 4 is 17.5 Å². The van der Waals surface area contributed by atoms with Gasteiger partial charge in [-0.2, -0.15) is 0 Å². The molecule has 2 fully saturated rings. The van der Waals surface area contributed by atoms with Gasteiger partial charge in [0.1, 0.15) is 0 Å². The van der Waals surface area contributed by atoms with Crippen LogP contribution < -0.4 is 5.32 Å². The highest BCUT2D eigenvalue weighted by Gasteiger charge is 2.47. The number of hydrogen-bond donors (Lipinski definition) is 2. The number of nitrogens with one attached hydrogen (secondary N) is 1. The van der Waals surface area contributed by atoms with E-state index in [-0.39, 0.29) is 29.7 Å². The summed E-state index contributed by atoms with van der Waals surface area (Å²) in [7, 11) is 0. The third-order valence-corrected chi connectivity index (χ3v) is 5.46. The summed E-state index contributed by atoms with van der Waals surface area (Å²) < 4.78 is 4.89. The summed E-state index contributed by atoms with van der Waals surface area (Å²) in [5.74, 6) is 1.37. The molecule has 1 aromatic rings. The fourth-order valence-corrected chi connectivity index (χ4v) is 4.30. The molecule has 3 rings (SSSR count). The van der Waals surface area contributed by atoms with E-state index in [1.165, 1.54) is 12.8 Å². The molecule has 2 N–H and O–H groups in total. The molecule has 0 spiro atoms. The highest BCUT2D eigenvalue weighted by molar-refractivity contribution is 6.29. The second kappa shape index (κ2) is 5.97. The minimum absolute atomic E-state index is 0.0164. The molecule has 0 aliphatic heterocycles. The van der Waals surface area contributed by atoms with E-state index in [1.807, 2.05) is 6.92 Å². The van der Waals surface area contributed by atoms with Gasteiger partial charge in [-0.05, 0) is 56.0 Å². The third kappa shape index (κ3) is 2.81. The fraction of sp³-hybridized carbons (Fsp3) is 0.733. The lowest BCUT2D eigenvalue weighted by molar-refractivity contribution is -0.122. The normalized spacial score (nSPS) is 30.8. The number of aromatic nitrogens is 1. The molecule has 1 heterocycles. The number of amides is 1. The van der Waals surface area contributed by atoms with Crippen molar-refractivity contribution in [2.24, 2.45) is 17.8 Å². The number of fused-ring (bicyclic) bond motifs is 2. The molecule has 1 amide bonds. The first-order valence-electron chi connectivity index (χ1n) is 7.61. The van der Waals surface area contributed by atoms with Crippen LogP contribution in [0.25, 0.3) is 0 Å². The number of carbonyl (C=O) groups excluding carboxylic acids is 1. The number of hydrogen-bond acceptors (Lipinski definition) is 4. The van der Waals surface area contributed by atoms with Gasteiger partial charge in [0.2, 0.25) is 11.1 Å². The van der Waals surface area contributed by atoms with Crippen molar-refractivity contribution in [1.29, 1.82) is 0 Å². The molecule has 6 heteroatoms. The molecule has 0 saturated heterocycles. The van der Waals surface area contributed by atoms with E-state index < -0.39 is 0 Å². The maximum absolute atomic E-state index is 12.2. The van der Waals surface area contributed by atoms with Gasteiger partial charge in [0.25, 0.3) is 0 Å². The van der Waals surface area contributed by atoms with Gasteiger partial charge in [-0.15, -0.1) is 0 Å². The van der Waals surface area contributed by atoms with Gasteiger partial charge in [-0.3, -0.25) is 4.79 Å². The van der Waals surface area contributed by atoms with Crippen LogP contribution in [0.5, 0.6) is 0 Å². The molecule has 5 nitrogen and oxygen atoms in total. The summed E-state index contributed by atoms with van der Waals surface area (Å²) in [5, 5.41) is 16.7. The van der Waals surface area contributed by atoms with Gasteiger partial charge in [0.05, 0.1) is 5.69 Å². The van der Waals surface area contributed by atoms with Crippen LogP contribution in [0.15, 0.2) is 4.52 Å². The van der Waals surface area contributed by atoms with Crippen molar-refractivity contribution in [3.63, 3.8) is 0 Å². The maximum Gasteiger partial charge on any atom is 0.229 e. The van der Waals surface area contributed by atoms with Crippen molar-refractivity contribution in [3.8, 4) is 0 Å². The number of nitrogens with zero attached hydrogens (tertiary/aromatic N) is 1. The van der Waals surface area contributed by atoms with Crippen molar-refractivity contribution in [3.05, 3.63) is 16.5 Å². The Bertz CT molecular complexity index is 511. The zero-order chi connectivity index (χ0) is 15.0. The van der Waals surface area contributed by atoms with Gasteiger partial charge in [-0.1, -0.05) is 5.16 Å². The monoisotopic (exact) mass is 312 g/mol. The molecule has 2 aliphatic carbocycles. The Morgan fingerprint density at radius 2 is 2.24 bits per heavy atom. The number of halogens is 1. The van der Waals surface area contributed by atoms with Gasteiger partial charge < -0.3 is 14.9 Å². The number of aliphatic hydroxyl groups is 1. The molecule has 0 radical (unpaired) electrons. The fourth-order valence-electron chi connectivity index (χ4n) is 4.03. The second-order valence-electron chi connectivity index (χ2n) is 6.29. The molecule has 2 aliphatic rings. The number of rotatable bonds is 5. The summed E-state index contributed by atoms with van der Waals surface area (Å²) >= 11 is 5.90. The van der Waals surface area contributed by atoms with E-state index in [2.05, 4.69) is 10.5 Å². The smallest absolute Gasteiger partial charge is 0.229 e. The summed E-state index contributed by atoms with van der Waals surface area (Å²) in [6.45, 7) is 1.99. The number of aliphatic hydroxyl groups excluding tert-OH is 1. The molecule has 4 unspecified atom stereocenters. The van der Waals surface area contributed by atoms with E-state index in [0.717, 1.165) is 17.7 Å². The molecule has 0 aromatic carbocycles. The van der Waals surface area contributed by atoms with Gasteiger partial charge in [-0.25, -0.2) is 0 Å². The van der Waals surface area contributed by atoms with Crippen molar-refractivity contribution in [2.45, 2.75) is 45.1 Å². The first-order valence-corrected chi connectivity index (χ1v) is 7.98. The Hall–Kier alpha value is -1.07. The highest BCUT2D eigenvalue weighted by Crippen LogP contribution is 2.48. The van der Waals surface area contributed by atoms with Crippen LogP contribution in [-0.2, 0) is 11.2 Å². The topological polar surface area (TPSA) is 75.4 Å². The first-order chi connectivity index (χ1) is 10.1. The molecular weight excluding hydrogens is 292 g/mol. The Labute approximate surface area is 129 Å². The molecule has 2 saturated carbocycles. The standard InChI is InChI=1S/C15H21ClN2O3/c1-8-11(15(16)21-18-8)4-5-13(20)17-14-10-3-2-9(6-10)12(14)7-19/h9-10,12,14,19H,2-7H2,1H3,(H,17,20). The average molecular weight is 313 g/mol. The number of aryl methyl sites for hydroxylation is 1. The van der Waals surface area contributed by atoms with E-state index in [9.17, 15) is 9.90 Å². The van der Waals surface area contributed by atoms with Crippen molar-refractivity contribution in [2.75, 3.05) is 6.61 Å². The van der Waals surface area contributed by atoms with Crippen LogP contribution in [0, 0.1) is 24.7 Å². The van der Waals surface area contributed by atoms with Gasteiger partial charge in [0.15, 0.2) is 0 Å². The molecule has 2 bridgehead atoms. The molecule has 21 heavy (non-hydrogen) atoms. The Morgan fingerprint density at radius 1 is 1.48 bits per heavy atom. The minimum atomic E-state index is 0.0164. The van der Waals surface area contributed by atoms with Crippen LogP contribution in [-0.4, -0.2) is 28.8 Å². The predicted molar refractivity (Wildman–Crippen MR) is 77.9 cm³/mol. The zero-order valence-corrected chi connectivity index (χ0v) is 12.9. The quantitative estimate of drug-likeness (QED) is 0.873. The summed E-state index contributed by atoms with van der Waals surface area (Å²) in [6.07, 6.45) is 4.41.